The van der Waals surface area contributed by atoms with E-state index >= 15 is 0 Å². The molecule has 0 spiro atoms. The maximum atomic E-state index is 10.4. The third-order valence-electron chi connectivity index (χ3n) is 2.05. The molecule has 0 saturated carbocycles. The van der Waals surface area contributed by atoms with Crippen LogP contribution in [0.1, 0.15) is 10.4 Å². The van der Waals surface area contributed by atoms with Crippen molar-refractivity contribution in [2.75, 3.05) is 0 Å². The number of hydrogen-bond donors (Lipinski definition) is 3. The summed E-state index contributed by atoms with van der Waals surface area (Å²) in [5, 5.41) is 19.1. The number of benzene rings is 1. The van der Waals surface area contributed by atoms with Gasteiger partial charge in [0.1, 0.15) is 0 Å². The molecule has 0 fully saturated rings. The number of carboxylic acid groups (broad SMARTS) is 2. The average molecular weight is 325 g/mol. The Morgan fingerprint density at radius 2 is 1.36 bits per heavy atom. The number of ether oxygens (including phenoxy) is 2. The molecule has 2 rings (SSSR count). The molecule has 22 heavy (non-hydrogen) atoms. The molecule has 0 atom stereocenters. The normalized spacial score (nSPS) is 9.09. The Morgan fingerprint density at radius 1 is 0.909 bits per heavy atom. The Hall–Kier alpha value is -3.07. The smallest absolute Gasteiger partial charge is 0.449 e. The van der Waals surface area contributed by atoms with E-state index < -0.39 is 12.3 Å². The first-order valence-corrected chi connectivity index (χ1v) is 6.57. The summed E-state index contributed by atoms with van der Waals surface area (Å²) in [6.07, 6.45) is -3.04. The summed E-state index contributed by atoms with van der Waals surface area (Å²) < 4.78 is 8.45. The molecule has 1 amide bonds. The molecule has 8 nitrogen and oxygen atoms in total. The molecule has 4 N–H and O–H groups in total. The van der Waals surface area contributed by atoms with Crippen molar-refractivity contribution >= 4 is 29.6 Å². The van der Waals surface area contributed by atoms with Crippen LogP contribution in [0.5, 0.6) is 11.5 Å². The van der Waals surface area contributed by atoms with Crippen LogP contribution in [0.4, 0.5) is 9.59 Å². The quantitative estimate of drug-likeness (QED) is 0.738. The molecule has 2 aromatic rings. The van der Waals surface area contributed by atoms with Crippen LogP contribution >= 0.6 is 11.3 Å². The number of thiophene rings is 1. The maximum Gasteiger partial charge on any atom is 0.511 e. The largest absolute Gasteiger partial charge is 0.511 e. The molecule has 0 radical (unpaired) electrons. The minimum atomic E-state index is -1.52. The predicted molar refractivity (Wildman–Crippen MR) is 76.6 cm³/mol. The number of hydrogen-bond acceptors (Lipinski definition) is 6. The van der Waals surface area contributed by atoms with E-state index in [1.807, 2.05) is 6.07 Å². The van der Waals surface area contributed by atoms with Crippen molar-refractivity contribution in [2.45, 2.75) is 0 Å². The van der Waals surface area contributed by atoms with Crippen molar-refractivity contribution < 1.29 is 34.1 Å². The minimum Gasteiger partial charge on any atom is -0.449 e. The van der Waals surface area contributed by atoms with Gasteiger partial charge in [-0.2, -0.15) is 0 Å². The van der Waals surface area contributed by atoms with Gasteiger partial charge >= 0.3 is 12.3 Å². The van der Waals surface area contributed by atoms with Crippen LogP contribution in [0.2, 0.25) is 0 Å². The molecule has 0 aliphatic carbocycles. The van der Waals surface area contributed by atoms with Crippen LogP contribution in [0, 0.1) is 0 Å². The van der Waals surface area contributed by atoms with Crippen LogP contribution in [-0.2, 0) is 0 Å². The zero-order valence-corrected chi connectivity index (χ0v) is 11.8. The summed E-state index contributed by atoms with van der Waals surface area (Å²) >= 11 is 1.07. The number of amides is 1. The van der Waals surface area contributed by atoms with Gasteiger partial charge < -0.3 is 25.4 Å². The molecule has 116 valence electrons. The molecule has 0 aliphatic heterocycles. The van der Waals surface area contributed by atoms with Crippen molar-refractivity contribution in [1.82, 2.24) is 0 Å². The Morgan fingerprint density at radius 3 is 1.68 bits per heavy atom. The van der Waals surface area contributed by atoms with Crippen molar-refractivity contribution in [3.63, 3.8) is 0 Å². The van der Waals surface area contributed by atoms with Crippen LogP contribution in [0.25, 0.3) is 0 Å². The van der Waals surface area contributed by atoms with E-state index in [9.17, 15) is 14.4 Å². The summed E-state index contributed by atoms with van der Waals surface area (Å²) in [7, 11) is 0. The van der Waals surface area contributed by atoms with E-state index in [1.54, 1.807) is 24.3 Å². The van der Waals surface area contributed by atoms with Gasteiger partial charge in [-0.3, -0.25) is 4.79 Å². The molecular weight excluding hydrogens is 314 g/mol. The van der Waals surface area contributed by atoms with Crippen molar-refractivity contribution in [2.24, 2.45) is 5.73 Å². The van der Waals surface area contributed by atoms with Crippen molar-refractivity contribution in [3.05, 3.63) is 46.7 Å². The summed E-state index contributed by atoms with van der Waals surface area (Å²) in [5.74, 6) is -0.629. The summed E-state index contributed by atoms with van der Waals surface area (Å²) in [5.41, 5.74) is 5.53. The summed E-state index contributed by atoms with van der Waals surface area (Å²) in [6.45, 7) is 0. The minimum absolute atomic E-state index is 0.125. The second-order valence-electron chi connectivity index (χ2n) is 3.57. The van der Waals surface area contributed by atoms with Gasteiger partial charge in [-0.25, -0.2) is 9.59 Å². The van der Waals surface area contributed by atoms with E-state index in [4.69, 9.17) is 15.9 Å². The Balaban J connectivity index is 0.000000235. The molecule has 1 heterocycles. The molecule has 0 saturated heterocycles. The zero-order valence-electron chi connectivity index (χ0n) is 11.0. The molecule has 9 heteroatoms. The van der Waals surface area contributed by atoms with E-state index in [2.05, 4.69) is 9.47 Å². The standard InChI is InChI=1S/C7H7NO.C6H4O6S/c8-7(9)6-4-2-1-3-5-6;7-5(8)11-3-1-13-2-4(3)12-6(9)10/h1-5H,(H2,8,9);1-2H,(H,7,8)(H,9,10). The van der Waals surface area contributed by atoms with Crippen LogP contribution in [0.3, 0.4) is 0 Å². The van der Waals surface area contributed by atoms with E-state index in [1.165, 1.54) is 10.8 Å². The molecule has 0 unspecified atom stereocenters. The van der Waals surface area contributed by atoms with Gasteiger partial charge in [0.05, 0.1) is 0 Å². The van der Waals surface area contributed by atoms with Gasteiger partial charge in [-0.05, 0) is 12.1 Å². The summed E-state index contributed by atoms with van der Waals surface area (Å²) in [4.78, 5) is 30.6. The van der Waals surface area contributed by atoms with Gasteiger partial charge in [0.15, 0.2) is 11.5 Å². The highest BCUT2D eigenvalue weighted by molar-refractivity contribution is 7.08. The van der Waals surface area contributed by atoms with Gasteiger partial charge in [0.2, 0.25) is 5.91 Å². The lowest BCUT2D eigenvalue weighted by atomic mass is 10.2. The van der Waals surface area contributed by atoms with Crippen molar-refractivity contribution in [1.29, 1.82) is 0 Å². The second-order valence-corrected chi connectivity index (χ2v) is 4.31. The van der Waals surface area contributed by atoms with Gasteiger partial charge in [-0.15, -0.1) is 11.3 Å². The third-order valence-corrected chi connectivity index (χ3v) is 2.75. The first-order chi connectivity index (χ1) is 10.4. The Kier molecular flexibility index (Phi) is 6.38. The van der Waals surface area contributed by atoms with E-state index in [-0.39, 0.29) is 17.4 Å². The fourth-order valence-electron chi connectivity index (χ4n) is 1.21. The Bertz CT molecular complexity index is 623. The zero-order chi connectivity index (χ0) is 16.5. The molecule has 0 aliphatic rings. The van der Waals surface area contributed by atoms with Gasteiger partial charge in [0, 0.05) is 16.3 Å². The van der Waals surface area contributed by atoms with Gasteiger partial charge in [0.25, 0.3) is 0 Å². The molecule has 1 aromatic carbocycles. The number of nitrogens with two attached hydrogens (primary N) is 1. The number of carbonyl (C=O) groups excluding carboxylic acids is 1. The lowest BCUT2D eigenvalue weighted by molar-refractivity contribution is 0.1000. The SMILES string of the molecule is NC(=O)c1ccccc1.O=C(O)Oc1cscc1OC(=O)O. The van der Waals surface area contributed by atoms with Crippen molar-refractivity contribution in [3.8, 4) is 11.5 Å². The number of carbonyl (C=O) groups is 3. The third kappa shape index (κ3) is 5.92. The van der Waals surface area contributed by atoms with E-state index in [0.29, 0.717) is 5.56 Å². The summed E-state index contributed by atoms with van der Waals surface area (Å²) in [6, 6.07) is 8.76. The predicted octanol–water partition coefficient (Wildman–Crippen LogP) is 2.65. The van der Waals surface area contributed by atoms with Crippen LogP contribution in [-0.4, -0.2) is 28.4 Å². The first-order valence-electron chi connectivity index (χ1n) is 5.62. The molecule has 0 bridgehead atoms. The second kappa shape index (κ2) is 8.27. The maximum absolute atomic E-state index is 10.4. The highest BCUT2D eigenvalue weighted by atomic mass is 32.1. The average Bonchev–Trinajstić information content (AvgIpc) is 2.86. The first kappa shape index (κ1) is 17.0. The molecule has 1 aromatic heterocycles. The fourth-order valence-corrected chi connectivity index (χ4v) is 1.86. The number of primary amides is 1. The molecular formula is C13H11NO7S. The van der Waals surface area contributed by atoms with Gasteiger partial charge in [-0.1, -0.05) is 18.2 Å². The lowest BCUT2D eigenvalue weighted by Crippen LogP contribution is -2.09. The monoisotopic (exact) mass is 325 g/mol. The number of rotatable bonds is 3. The fraction of sp³-hybridized carbons (Fsp3) is 0. The van der Waals surface area contributed by atoms with Crippen LogP contribution in [0.15, 0.2) is 41.1 Å². The Labute approximate surface area is 128 Å². The highest BCUT2D eigenvalue weighted by Gasteiger charge is 2.12. The highest BCUT2D eigenvalue weighted by Crippen LogP contribution is 2.31. The topological polar surface area (TPSA) is 136 Å². The van der Waals surface area contributed by atoms with Crippen LogP contribution < -0.4 is 15.2 Å². The van der Waals surface area contributed by atoms with E-state index in [0.717, 1.165) is 11.3 Å². The lowest BCUT2D eigenvalue weighted by Gasteiger charge is -1.99.